The summed E-state index contributed by atoms with van der Waals surface area (Å²) in [7, 11) is 0. The SMILES string of the molecule is CCC1CCC(C(=O)Nc2ccc(C(C)N)cc2)CC1. The third kappa shape index (κ3) is 3.83. The summed E-state index contributed by atoms with van der Waals surface area (Å²) in [6.45, 7) is 4.20. The summed E-state index contributed by atoms with van der Waals surface area (Å²) in [5.41, 5.74) is 7.78. The maximum Gasteiger partial charge on any atom is 0.227 e. The van der Waals surface area contributed by atoms with Gasteiger partial charge in [-0.2, -0.15) is 0 Å². The summed E-state index contributed by atoms with van der Waals surface area (Å²) in [5, 5.41) is 3.03. The van der Waals surface area contributed by atoms with Crippen molar-refractivity contribution in [3.8, 4) is 0 Å². The van der Waals surface area contributed by atoms with Crippen LogP contribution in [-0.4, -0.2) is 5.91 Å². The molecule has 2 rings (SSSR count). The van der Waals surface area contributed by atoms with Gasteiger partial charge < -0.3 is 11.1 Å². The van der Waals surface area contributed by atoms with Gasteiger partial charge in [-0.15, -0.1) is 0 Å². The number of amides is 1. The molecule has 0 radical (unpaired) electrons. The highest BCUT2D eigenvalue weighted by molar-refractivity contribution is 5.92. The first-order chi connectivity index (χ1) is 9.60. The van der Waals surface area contributed by atoms with Gasteiger partial charge >= 0.3 is 0 Å². The smallest absolute Gasteiger partial charge is 0.227 e. The predicted octanol–water partition coefficient (Wildman–Crippen LogP) is 3.86. The average Bonchev–Trinajstić information content (AvgIpc) is 2.48. The summed E-state index contributed by atoms with van der Waals surface area (Å²) >= 11 is 0. The van der Waals surface area contributed by atoms with Crippen molar-refractivity contribution < 1.29 is 4.79 Å². The number of hydrogen-bond donors (Lipinski definition) is 2. The van der Waals surface area contributed by atoms with E-state index in [0.29, 0.717) is 0 Å². The Bertz CT molecular complexity index is 431. The summed E-state index contributed by atoms with van der Waals surface area (Å²) in [6.07, 6.45) is 5.69. The van der Waals surface area contributed by atoms with Crippen LogP contribution < -0.4 is 11.1 Å². The zero-order chi connectivity index (χ0) is 14.5. The minimum absolute atomic E-state index is 0.0315. The van der Waals surface area contributed by atoms with Crippen molar-refractivity contribution in [1.29, 1.82) is 0 Å². The van der Waals surface area contributed by atoms with Crippen LogP contribution in [-0.2, 0) is 4.79 Å². The quantitative estimate of drug-likeness (QED) is 0.876. The van der Waals surface area contributed by atoms with Crippen LogP contribution in [0.5, 0.6) is 0 Å². The molecule has 1 fully saturated rings. The van der Waals surface area contributed by atoms with Gasteiger partial charge in [-0.25, -0.2) is 0 Å². The highest BCUT2D eigenvalue weighted by Gasteiger charge is 2.25. The molecule has 20 heavy (non-hydrogen) atoms. The zero-order valence-corrected chi connectivity index (χ0v) is 12.6. The molecule has 0 aliphatic heterocycles. The predicted molar refractivity (Wildman–Crippen MR) is 83.4 cm³/mol. The molecule has 0 aromatic heterocycles. The fourth-order valence-electron chi connectivity index (χ4n) is 2.95. The topological polar surface area (TPSA) is 55.1 Å². The second-order valence-electron chi connectivity index (χ2n) is 6.03. The van der Waals surface area contributed by atoms with Gasteiger partial charge in [-0.05, 0) is 56.2 Å². The van der Waals surface area contributed by atoms with Crippen molar-refractivity contribution in [3.63, 3.8) is 0 Å². The number of nitrogens with two attached hydrogens (primary N) is 1. The Balaban J connectivity index is 1.88. The Kier molecular flexibility index (Phi) is 5.18. The molecule has 3 heteroatoms. The van der Waals surface area contributed by atoms with Gasteiger partial charge in [0.15, 0.2) is 0 Å². The second-order valence-corrected chi connectivity index (χ2v) is 6.03. The Morgan fingerprint density at radius 2 is 1.85 bits per heavy atom. The van der Waals surface area contributed by atoms with Gasteiger partial charge in [0.2, 0.25) is 5.91 Å². The van der Waals surface area contributed by atoms with Gasteiger partial charge in [0.1, 0.15) is 0 Å². The van der Waals surface area contributed by atoms with Crippen LogP contribution in [0.3, 0.4) is 0 Å². The van der Waals surface area contributed by atoms with E-state index in [1.165, 1.54) is 19.3 Å². The standard InChI is InChI=1S/C17H26N2O/c1-3-13-4-6-15(7-5-13)17(20)19-16-10-8-14(9-11-16)12(2)18/h8-13,15H,3-7,18H2,1-2H3,(H,19,20). The molecule has 1 aromatic rings. The maximum absolute atomic E-state index is 12.2. The van der Waals surface area contributed by atoms with Crippen LogP contribution in [0.25, 0.3) is 0 Å². The van der Waals surface area contributed by atoms with Crippen molar-refractivity contribution in [2.45, 2.75) is 52.0 Å². The molecule has 1 unspecified atom stereocenters. The van der Waals surface area contributed by atoms with Crippen molar-refractivity contribution in [2.24, 2.45) is 17.6 Å². The molecular formula is C17H26N2O. The van der Waals surface area contributed by atoms with Crippen LogP contribution in [0.15, 0.2) is 24.3 Å². The summed E-state index contributed by atoms with van der Waals surface area (Å²) < 4.78 is 0. The van der Waals surface area contributed by atoms with Crippen LogP contribution in [0.2, 0.25) is 0 Å². The Labute approximate surface area is 121 Å². The zero-order valence-electron chi connectivity index (χ0n) is 12.6. The Morgan fingerprint density at radius 1 is 1.25 bits per heavy atom. The molecule has 0 heterocycles. The third-order valence-electron chi connectivity index (χ3n) is 4.50. The molecule has 1 saturated carbocycles. The van der Waals surface area contributed by atoms with E-state index in [0.717, 1.165) is 30.0 Å². The van der Waals surface area contributed by atoms with E-state index in [-0.39, 0.29) is 17.9 Å². The molecule has 0 bridgehead atoms. The Hall–Kier alpha value is -1.35. The number of hydrogen-bond acceptors (Lipinski definition) is 2. The molecule has 1 aliphatic carbocycles. The lowest BCUT2D eigenvalue weighted by atomic mass is 9.80. The van der Waals surface area contributed by atoms with Gasteiger partial charge in [0.05, 0.1) is 0 Å². The molecule has 1 aromatic carbocycles. The number of nitrogens with one attached hydrogen (secondary N) is 1. The molecule has 110 valence electrons. The fraction of sp³-hybridized carbons (Fsp3) is 0.588. The van der Waals surface area contributed by atoms with E-state index in [9.17, 15) is 4.79 Å². The van der Waals surface area contributed by atoms with E-state index < -0.39 is 0 Å². The van der Waals surface area contributed by atoms with E-state index >= 15 is 0 Å². The highest BCUT2D eigenvalue weighted by atomic mass is 16.1. The third-order valence-corrected chi connectivity index (χ3v) is 4.50. The number of carbonyl (C=O) groups excluding carboxylic acids is 1. The van der Waals surface area contributed by atoms with Gasteiger partial charge in [-0.1, -0.05) is 25.5 Å². The monoisotopic (exact) mass is 274 g/mol. The average molecular weight is 274 g/mol. The fourth-order valence-corrected chi connectivity index (χ4v) is 2.95. The largest absolute Gasteiger partial charge is 0.326 e. The second kappa shape index (κ2) is 6.89. The highest BCUT2D eigenvalue weighted by Crippen LogP contribution is 2.31. The molecule has 1 atom stereocenters. The van der Waals surface area contributed by atoms with Gasteiger partial charge in [0, 0.05) is 17.6 Å². The number of benzene rings is 1. The van der Waals surface area contributed by atoms with Crippen molar-refractivity contribution in [3.05, 3.63) is 29.8 Å². The van der Waals surface area contributed by atoms with Gasteiger partial charge in [-0.3, -0.25) is 4.79 Å². The van der Waals surface area contributed by atoms with Crippen LogP contribution in [0, 0.1) is 11.8 Å². The normalized spacial score (nSPS) is 24.1. The first-order valence-corrected chi connectivity index (χ1v) is 7.76. The van der Waals surface area contributed by atoms with Crippen LogP contribution in [0.4, 0.5) is 5.69 Å². The molecule has 1 amide bonds. The van der Waals surface area contributed by atoms with Crippen molar-refractivity contribution in [1.82, 2.24) is 0 Å². The first-order valence-electron chi connectivity index (χ1n) is 7.76. The van der Waals surface area contributed by atoms with Crippen LogP contribution in [0.1, 0.15) is 57.6 Å². The van der Waals surface area contributed by atoms with E-state index in [1.54, 1.807) is 0 Å². The maximum atomic E-state index is 12.2. The van der Waals surface area contributed by atoms with E-state index in [2.05, 4.69) is 12.2 Å². The number of carbonyl (C=O) groups is 1. The minimum atomic E-state index is 0.0315. The van der Waals surface area contributed by atoms with Gasteiger partial charge in [0.25, 0.3) is 0 Å². The number of anilines is 1. The summed E-state index contributed by atoms with van der Waals surface area (Å²) in [4.78, 5) is 12.2. The lowest BCUT2D eigenvalue weighted by Crippen LogP contribution is -2.27. The molecule has 3 N–H and O–H groups in total. The lowest BCUT2D eigenvalue weighted by molar-refractivity contribution is -0.121. The minimum Gasteiger partial charge on any atom is -0.326 e. The van der Waals surface area contributed by atoms with E-state index in [1.807, 2.05) is 31.2 Å². The van der Waals surface area contributed by atoms with Crippen molar-refractivity contribution in [2.75, 3.05) is 5.32 Å². The van der Waals surface area contributed by atoms with Crippen LogP contribution >= 0.6 is 0 Å². The molecule has 3 nitrogen and oxygen atoms in total. The Morgan fingerprint density at radius 3 is 2.35 bits per heavy atom. The van der Waals surface area contributed by atoms with Crippen molar-refractivity contribution >= 4 is 11.6 Å². The molecule has 0 saturated heterocycles. The van der Waals surface area contributed by atoms with E-state index in [4.69, 9.17) is 5.73 Å². The molecule has 1 aliphatic rings. The summed E-state index contributed by atoms with van der Waals surface area (Å²) in [5.74, 6) is 1.18. The lowest BCUT2D eigenvalue weighted by Gasteiger charge is -2.26. The first kappa shape index (κ1) is 15.0. The molecule has 0 spiro atoms. The molecular weight excluding hydrogens is 248 g/mol. The number of rotatable bonds is 4. The summed E-state index contributed by atoms with van der Waals surface area (Å²) in [6, 6.07) is 7.87.